The SMILES string of the molecule is C[C@H]([NH2+][C@H](C)c1ccc(F)cc1F)C(=O)NC(c1ccccc1)c1ccccc1. The van der Waals surface area contributed by atoms with Crippen LogP contribution in [0.5, 0.6) is 0 Å². The highest BCUT2D eigenvalue weighted by molar-refractivity contribution is 5.80. The van der Waals surface area contributed by atoms with Gasteiger partial charge in [-0.25, -0.2) is 8.78 Å². The quantitative estimate of drug-likeness (QED) is 0.627. The van der Waals surface area contributed by atoms with Gasteiger partial charge in [-0.2, -0.15) is 0 Å². The normalized spacial score (nSPS) is 13.1. The number of nitrogens with two attached hydrogens (primary N) is 1. The van der Waals surface area contributed by atoms with E-state index in [-0.39, 0.29) is 18.0 Å². The molecule has 3 nitrogen and oxygen atoms in total. The third-order valence-corrected chi connectivity index (χ3v) is 5.00. The molecule has 0 fully saturated rings. The first-order valence-electron chi connectivity index (χ1n) is 9.66. The van der Waals surface area contributed by atoms with Gasteiger partial charge >= 0.3 is 0 Å². The second kappa shape index (κ2) is 9.43. The summed E-state index contributed by atoms with van der Waals surface area (Å²) in [5, 5.41) is 4.88. The minimum Gasteiger partial charge on any atom is -0.340 e. The van der Waals surface area contributed by atoms with Crippen molar-refractivity contribution in [3.05, 3.63) is 107 Å². The number of quaternary nitrogens is 1. The maximum atomic E-state index is 14.0. The number of carbonyl (C=O) groups is 1. The van der Waals surface area contributed by atoms with E-state index in [4.69, 9.17) is 0 Å². The second-order valence-corrected chi connectivity index (χ2v) is 7.20. The van der Waals surface area contributed by atoms with E-state index in [2.05, 4.69) is 5.32 Å². The Morgan fingerprint density at radius 1 is 0.862 bits per heavy atom. The van der Waals surface area contributed by atoms with Crippen LogP contribution in [0.1, 0.15) is 42.6 Å². The van der Waals surface area contributed by atoms with Crippen molar-refractivity contribution in [1.82, 2.24) is 5.32 Å². The predicted molar refractivity (Wildman–Crippen MR) is 109 cm³/mol. The molecule has 150 valence electrons. The summed E-state index contributed by atoms with van der Waals surface area (Å²) in [5.41, 5.74) is 2.34. The van der Waals surface area contributed by atoms with E-state index >= 15 is 0 Å². The lowest BCUT2D eigenvalue weighted by molar-refractivity contribution is -0.710. The van der Waals surface area contributed by atoms with Crippen molar-refractivity contribution in [2.24, 2.45) is 0 Å². The third-order valence-electron chi connectivity index (χ3n) is 5.00. The summed E-state index contributed by atoms with van der Waals surface area (Å²) in [5.74, 6) is -1.37. The Bertz CT molecular complexity index is 908. The molecule has 0 aromatic heterocycles. The van der Waals surface area contributed by atoms with E-state index in [0.29, 0.717) is 5.56 Å². The zero-order valence-electron chi connectivity index (χ0n) is 16.5. The summed E-state index contributed by atoms with van der Waals surface area (Å²) in [6.45, 7) is 3.58. The van der Waals surface area contributed by atoms with Crippen LogP contribution in [-0.4, -0.2) is 11.9 Å². The molecule has 0 radical (unpaired) electrons. The molecule has 0 heterocycles. The summed E-state index contributed by atoms with van der Waals surface area (Å²) in [4.78, 5) is 12.9. The molecule has 0 aliphatic carbocycles. The molecule has 2 atom stereocenters. The summed E-state index contributed by atoms with van der Waals surface area (Å²) < 4.78 is 27.2. The van der Waals surface area contributed by atoms with E-state index in [9.17, 15) is 13.6 Å². The zero-order chi connectivity index (χ0) is 20.8. The summed E-state index contributed by atoms with van der Waals surface area (Å²) in [6, 6.07) is 22.0. The Kier molecular flexibility index (Phi) is 6.73. The van der Waals surface area contributed by atoms with Crippen molar-refractivity contribution in [2.75, 3.05) is 0 Å². The fraction of sp³-hybridized carbons (Fsp3) is 0.208. The minimum absolute atomic E-state index is 0.155. The molecule has 29 heavy (non-hydrogen) atoms. The van der Waals surface area contributed by atoms with E-state index in [1.807, 2.05) is 60.7 Å². The zero-order valence-corrected chi connectivity index (χ0v) is 16.5. The third kappa shape index (κ3) is 5.27. The highest BCUT2D eigenvalue weighted by Gasteiger charge is 2.25. The van der Waals surface area contributed by atoms with Gasteiger partial charge in [0.2, 0.25) is 0 Å². The molecule has 0 bridgehead atoms. The molecule has 0 aliphatic heterocycles. The average Bonchev–Trinajstić information content (AvgIpc) is 2.73. The predicted octanol–water partition coefficient (Wildman–Crippen LogP) is 3.88. The molecule has 3 aromatic rings. The monoisotopic (exact) mass is 395 g/mol. The van der Waals surface area contributed by atoms with Gasteiger partial charge in [0.25, 0.3) is 5.91 Å². The standard InChI is InChI=1S/C24H24F2N2O/c1-16(21-14-13-20(25)15-22(21)26)27-17(2)24(29)28-23(18-9-5-3-6-10-18)19-11-7-4-8-12-19/h3-17,23,27H,1-2H3,(H,28,29)/p+1/t16-,17+/m1/s1. The van der Waals surface area contributed by atoms with Crippen molar-refractivity contribution in [3.63, 3.8) is 0 Å². The number of rotatable bonds is 7. The molecular weight excluding hydrogens is 370 g/mol. The van der Waals surface area contributed by atoms with Crippen LogP contribution < -0.4 is 10.6 Å². The van der Waals surface area contributed by atoms with Crippen LogP contribution in [0, 0.1) is 11.6 Å². The van der Waals surface area contributed by atoms with E-state index < -0.39 is 17.7 Å². The molecule has 3 rings (SSSR count). The van der Waals surface area contributed by atoms with Crippen LogP contribution in [0.25, 0.3) is 0 Å². The van der Waals surface area contributed by atoms with Gasteiger partial charge in [0.05, 0.1) is 6.04 Å². The van der Waals surface area contributed by atoms with Crippen molar-refractivity contribution in [3.8, 4) is 0 Å². The lowest BCUT2D eigenvalue weighted by Crippen LogP contribution is -2.92. The smallest absolute Gasteiger partial charge is 0.278 e. The van der Waals surface area contributed by atoms with Crippen LogP contribution in [-0.2, 0) is 4.79 Å². The average molecular weight is 395 g/mol. The van der Waals surface area contributed by atoms with Crippen LogP contribution >= 0.6 is 0 Å². The Hall–Kier alpha value is -3.05. The van der Waals surface area contributed by atoms with Crippen molar-refractivity contribution < 1.29 is 18.9 Å². The first kappa shape index (κ1) is 20.7. The van der Waals surface area contributed by atoms with Gasteiger partial charge in [-0.3, -0.25) is 4.79 Å². The van der Waals surface area contributed by atoms with Crippen molar-refractivity contribution >= 4 is 5.91 Å². The molecule has 0 aliphatic rings. The molecule has 3 N–H and O–H groups in total. The summed E-state index contributed by atoms with van der Waals surface area (Å²) in [6.07, 6.45) is 0. The number of amides is 1. The van der Waals surface area contributed by atoms with Gasteiger partial charge in [-0.15, -0.1) is 0 Å². The summed E-state index contributed by atoms with van der Waals surface area (Å²) >= 11 is 0. The van der Waals surface area contributed by atoms with Gasteiger partial charge < -0.3 is 10.6 Å². The highest BCUT2D eigenvalue weighted by Crippen LogP contribution is 2.22. The fourth-order valence-corrected chi connectivity index (χ4v) is 3.42. The van der Waals surface area contributed by atoms with Crippen LogP contribution in [0.15, 0.2) is 78.9 Å². The maximum Gasteiger partial charge on any atom is 0.278 e. The van der Waals surface area contributed by atoms with Gasteiger partial charge in [-0.1, -0.05) is 60.7 Å². The Morgan fingerprint density at radius 2 is 1.41 bits per heavy atom. The van der Waals surface area contributed by atoms with Crippen LogP contribution in [0.2, 0.25) is 0 Å². The molecule has 0 unspecified atom stereocenters. The largest absolute Gasteiger partial charge is 0.340 e. The Morgan fingerprint density at radius 3 is 1.93 bits per heavy atom. The van der Waals surface area contributed by atoms with Crippen LogP contribution in [0.3, 0.4) is 0 Å². The number of nitrogens with one attached hydrogen (secondary N) is 1. The minimum atomic E-state index is -0.613. The first-order chi connectivity index (χ1) is 14.0. The molecule has 0 saturated carbocycles. The van der Waals surface area contributed by atoms with Crippen molar-refractivity contribution in [2.45, 2.75) is 32.0 Å². The second-order valence-electron chi connectivity index (χ2n) is 7.20. The summed E-state index contributed by atoms with van der Waals surface area (Å²) in [7, 11) is 0. The number of carbonyl (C=O) groups excluding carboxylic acids is 1. The maximum absolute atomic E-state index is 14.0. The van der Waals surface area contributed by atoms with Gasteiger partial charge in [0.15, 0.2) is 6.04 Å². The van der Waals surface area contributed by atoms with E-state index in [0.717, 1.165) is 17.2 Å². The molecule has 1 amide bonds. The molecule has 3 aromatic carbocycles. The van der Waals surface area contributed by atoms with Gasteiger partial charge in [0, 0.05) is 11.6 Å². The Labute approximate surface area is 169 Å². The molecule has 0 spiro atoms. The lowest BCUT2D eigenvalue weighted by atomic mass is 9.98. The Balaban J connectivity index is 1.73. The van der Waals surface area contributed by atoms with Crippen molar-refractivity contribution in [1.29, 1.82) is 0 Å². The molecule has 0 saturated heterocycles. The van der Waals surface area contributed by atoms with Gasteiger partial charge in [-0.05, 0) is 37.1 Å². The van der Waals surface area contributed by atoms with E-state index in [1.165, 1.54) is 12.1 Å². The first-order valence-corrected chi connectivity index (χ1v) is 9.66. The topological polar surface area (TPSA) is 45.7 Å². The lowest BCUT2D eigenvalue weighted by Gasteiger charge is -2.23. The molecule has 5 heteroatoms. The number of halogens is 2. The van der Waals surface area contributed by atoms with Gasteiger partial charge in [0.1, 0.15) is 17.7 Å². The molecular formula is C24H25F2N2O+. The van der Waals surface area contributed by atoms with Crippen LogP contribution in [0.4, 0.5) is 8.78 Å². The number of hydrogen-bond acceptors (Lipinski definition) is 1. The fourth-order valence-electron chi connectivity index (χ4n) is 3.42. The number of hydrogen-bond donors (Lipinski definition) is 2. The highest BCUT2D eigenvalue weighted by atomic mass is 19.1. The number of benzene rings is 3. The van der Waals surface area contributed by atoms with E-state index in [1.54, 1.807) is 19.2 Å².